The van der Waals surface area contributed by atoms with Crippen molar-refractivity contribution in [1.82, 2.24) is 5.32 Å². The van der Waals surface area contributed by atoms with Gasteiger partial charge < -0.3 is 14.8 Å². The molecule has 0 aromatic heterocycles. The summed E-state index contributed by atoms with van der Waals surface area (Å²) in [6.07, 6.45) is 0. The van der Waals surface area contributed by atoms with E-state index in [9.17, 15) is 4.79 Å². The number of esters is 1. The van der Waals surface area contributed by atoms with Gasteiger partial charge in [-0.15, -0.1) is 0 Å². The van der Waals surface area contributed by atoms with E-state index in [1.54, 1.807) is 0 Å². The van der Waals surface area contributed by atoms with Crippen LogP contribution in [0, 0.1) is 0 Å². The summed E-state index contributed by atoms with van der Waals surface area (Å²) in [4.78, 5) is 10.6. The third-order valence-electron chi connectivity index (χ3n) is 1.31. The molecule has 0 aliphatic heterocycles. The maximum absolute atomic E-state index is 10.6. The quantitative estimate of drug-likeness (QED) is 0.507. The minimum Gasteiger partial charge on any atom is -0.468 e. The number of rotatable bonds is 5. The fourth-order valence-corrected chi connectivity index (χ4v) is 0.692. The first-order chi connectivity index (χ1) is 5.95. The second-order valence-corrected chi connectivity index (χ2v) is 3.71. The highest BCUT2D eigenvalue weighted by atomic mass is 16.5. The van der Waals surface area contributed by atoms with E-state index in [1.807, 2.05) is 20.8 Å². The number of carbonyl (C=O) groups is 1. The Morgan fingerprint density at radius 2 is 2.00 bits per heavy atom. The van der Waals surface area contributed by atoms with Gasteiger partial charge in [-0.1, -0.05) is 0 Å². The largest absolute Gasteiger partial charge is 0.468 e. The molecular formula is C9H19NO3. The Balaban J connectivity index is 3.22. The van der Waals surface area contributed by atoms with E-state index in [4.69, 9.17) is 4.74 Å². The van der Waals surface area contributed by atoms with E-state index in [-0.39, 0.29) is 18.1 Å². The number of carbonyl (C=O) groups excluding carboxylic acids is 1. The molecule has 4 heteroatoms. The minimum absolute atomic E-state index is 0.118. The van der Waals surface area contributed by atoms with Crippen molar-refractivity contribution in [3.63, 3.8) is 0 Å². The number of methoxy groups -OCH3 is 1. The highest BCUT2D eigenvalue weighted by Crippen LogP contribution is 2.04. The summed E-state index contributed by atoms with van der Waals surface area (Å²) < 4.78 is 9.89. The Bertz CT molecular complexity index is 151. The summed E-state index contributed by atoms with van der Waals surface area (Å²) in [6, 6.07) is 0. The van der Waals surface area contributed by atoms with Crippen molar-refractivity contribution in [2.24, 2.45) is 0 Å². The van der Waals surface area contributed by atoms with Gasteiger partial charge in [-0.2, -0.15) is 0 Å². The van der Waals surface area contributed by atoms with Gasteiger partial charge in [0, 0.05) is 6.54 Å². The molecule has 0 rings (SSSR count). The molecule has 0 unspecified atom stereocenters. The molecule has 0 radical (unpaired) electrons. The van der Waals surface area contributed by atoms with Gasteiger partial charge in [0.25, 0.3) is 0 Å². The van der Waals surface area contributed by atoms with E-state index in [0.29, 0.717) is 13.2 Å². The van der Waals surface area contributed by atoms with Crippen molar-refractivity contribution in [2.75, 3.05) is 26.8 Å². The van der Waals surface area contributed by atoms with E-state index in [0.717, 1.165) is 0 Å². The Labute approximate surface area is 79.6 Å². The topological polar surface area (TPSA) is 47.6 Å². The normalized spacial score (nSPS) is 11.4. The van der Waals surface area contributed by atoms with Crippen LogP contribution < -0.4 is 5.32 Å². The van der Waals surface area contributed by atoms with Crippen LogP contribution in [0.25, 0.3) is 0 Å². The van der Waals surface area contributed by atoms with Crippen LogP contribution in [0.15, 0.2) is 0 Å². The van der Waals surface area contributed by atoms with E-state index < -0.39 is 0 Å². The van der Waals surface area contributed by atoms with Crippen molar-refractivity contribution < 1.29 is 14.3 Å². The summed E-state index contributed by atoms with van der Waals surface area (Å²) in [6.45, 7) is 7.48. The summed E-state index contributed by atoms with van der Waals surface area (Å²) in [5, 5.41) is 2.91. The fourth-order valence-electron chi connectivity index (χ4n) is 0.692. The molecule has 0 bridgehead atoms. The first kappa shape index (κ1) is 12.4. The second-order valence-electron chi connectivity index (χ2n) is 3.71. The maximum Gasteiger partial charge on any atom is 0.319 e. The van der Waals surface area contributed by atoms with Crippen molar-refractivity contribution >= 4 is 5.97 Å². The Morgan fingerprint density at radius 3 is 2.46 bits per heavy atom. The fraction of sp³-hybridized carbons (Fsp3) is 0.889. The van der Waals surface area contributed by atoms with Gasteiger partial charge in [0.1, 0.15) is 0 Å². The predicted molar refractivity (Wildman–Crippen MR) is 50.6 cm³/mol. The smallest absolute Gasteiger partial charge is 0.319 e. The first-order valence-corrected chi connectivity index (χ1v) is 4.37. The molecule has 0 fully saturated rings. The molecule has 78 valence electrons. The number of hydrogen-bond acceptors (Lipinski definition) is 4. The molecule has 0 spiro atoms. The zero-order valence-corrected chi connectivity index (χ0v) is 8.85. The lowest BCUT2D eigenvalue weighted by Gasteiger charge is -2.19. The van der Waals surface area contributed by atoms with Crippen LogP contribution in [0.4, 0.5) is 0 Å². The van der Waals surface area contributed by atoms with Gasteiger partial charge in [-0.3, -0.25) is 4.79 Å². The van der Waals surface area contributed by atoms with E-state index >= 15 is 0 Å². The van der Waals surface area contributed by atoms with Gasteiger partial charge in [-0.05, 0) is 20.8 Å². The molecule has 0 aromatic rings. The average molecular weight is 189 g/mol. The molecule has 0 aliphatic carbocycles. The molecule has 0 aromatic carbocycles. The van der Waals surface area contributed by atoms with Gasteiger partial charge >= 0.3 is 5.97 Å². The molecule has 0 saturated carbocycles. The van der Waals surface area contributed by atoms with Gasteiger partial charge in [0.05, 0.1) is 25.9 Å². The third kappa shape index (κ3) is 9.30. The third-order valence-corrected chi connectivity index (χ3v) is 1.31. The number of ether oxygens (including phenoxy) is 2. The zero-order valence-electron chi connectivity index (χ0n) is 8.85. The van der Waals surface area contributed by atoms with Crippen molar-refractivity contribution in [3.8, 4) is 0 Å². The number of hydrogen-bond donors (Lipinski definition) is 1. The zero-order chi connectivity index (χ0) is 10.3. The maximum atomic E-state index is 10.6. The van der Waals surface area contributed by atoms with Crippen LogP contribution in [-0.4, -0.2) is 38.4 Å². The Kier molecular flexibility index (Phi) is 5.66. The molecular weight excluding hydrogens is 170 g/mol. The first-order valence-electron chi connectivity index (χ1n) is 4.37. The van der Waals surface area contributed by atoms with Crippen LogP contribution in [0.2, 0.25) is 0 Å². The second kappa shape index (κ2) is 5.94. The summed E-state index contributed by atoms with van der Waals surface area (Å²) in [5.41, 5.74) is -0.118. The monoisotopic (exact) mass is 189 g/mol. The lowest BCUT2D eigenvalue weighted by atomic mass is 10.2. The molecule has 4 nitrogen and oxygen atoms in total. The molecule has 1 N–H and O–H groups in total. The molecule has 0 aliphatic rings. The molecule has 0 saturated heterocycles. The highest BCUT2D eigenvalue weighted by molar-refractivity contribution is 5.71. The van der Waals surface area contributed by atoms with Gasteiger partial charge in [0.2, 0.25) is 0 Å². The van der Waals surface area contributed by atoms with Crippen molar-refractivity contribution in [2.45, 2.75) is 26.4 Å². The molecule has 0 atom stereocenters. The molecule has 13 heavy (non-hydrogen) atoms. The van der Waals surface area contributed by atoms with Crippen LogP contribution in [0.1, 0.15) is 20.8 Å². The summed E-state index contributed by atoms with van der Waals surface area (Å²) in [5.74, 6) is -0.254. The van der Waals surface area contributed by atoms with Crippen LogP contribution in [-0.2, 0) is 14.3 Å². The van der Waals surface area contributed by atoms with Crippen molar-refractivity contribution in [3.05, 3.63) is 0 Å². The number of nitrogens with one attached hydrogen (secondary N) is 1. The van der Waals surface area contributed by atoms with Gasteiger partial charge in [-0.25, -0.2) is 0 Å². The lowest BCUT2D eigenvalue weighted by Crippen LogP contribution is -2.30. The Morgan fingerprint density at radius 1 is 1.38 bits per heavy atom. The summed E-state index contributed by atoms with van der Waals surface area (Å²) >= 11 is 0. The summed E-state index contributed by atoms with van der Waals surface area (Å²) in [7, 11) is 1.37. The predicted octanol–water partition coefficient (Wildman–Crippen LogP) is 0.564. The van der Waals surface area contributed by atoms with Crippen LogP contribution in [0.5, 0.6) is 0 Å². The Hall–Kier alpha value is -0.610. The standard InChI is InChI=1S/C9H19NO3/c1-9(2,3)13-6-5-10-7-8(11)12-4/h10H,5-7H2,1-4H3. The van der Waals surface area contributed by atoms with Gasteiger partial charge in [0.15, 0.2) is 0 Å². The van der Waals surface area contributed by atoms with E-state index in [1.165, 1.54) is 7.11 Å². The highest BCUT2D eigenvalue weighted by Gasteiger charge is 2.08. The lowest BCUT2D eigenvalue weighted by molar-refractivity contribution is -0.139. The van der Waals surface area contributed by atoms with Crippen LogP contribution >= 0.6 is 0 Å². The van der Waals surface area contributed by atoms with Crippen LogP contribution in [0.3, 0.4) is 0 Å². The van der Waals surface area contributed by atoms with E-state index in [2.05, 4.69) is 10.1 Å². The molecule has 0 heterocycles. The molecule has 0 amide bonds. The average Bonchev–Trinajstić information content (AvgIpc) is 2.01. The van der Waals surface area contributed by atoms with Crippen molar-refractivity contribution in [1.29, 1.82) is 0 Å². The minimum atomic E-state index is -0.254. The SMILES string of the molecule is COC(=O)CNCCOC(C)(C)C.